The summed E-state index contributed by atoms with van der Waals surface area (Å²) in [6.45, 7) is 2.36. The molecular formula is C10H16N4O3S. The van der Waals surface area contributed by atoms with Crippen molar-refractivity contribution in [3.05, 3.63) is 5.01 Å². The van der Waals surface area contributed by atoms with Crippen molar-refractivity contribution in [2.45, 2.75) is 32.6 Å². The predicted octanol–water partition coefficient (Wildman–Crippen LogP) is 1.48. The highest BCUT2D eigenvalue weighted by molar-refractivity contribution is 7.15. The number of nitrogens with one attached hydrogen (secondary N) is 2. The van der Waals surface area contributed by atoms with Crippen LogP contribution in [0.2, 0.25) is 0 Å². The summed E-state index contributed by atoms with van der Waals surface area (Å²) in [5, 5.41) is 22.6. The van der Waals surface area contributed by atoms with E-state index in [0.717, 1.165) is 17.8 Å². The number of aromatic nitrogens is 2. The maximum absolute atomic E-state index is 11.4. The number of aryl methyl sites for hydroxylation is 1. The molecule has 0 spiro atoms. The van der Waals surface area contributed by atoms with E-state index < -0.39 is 5.97 Å². The minimum absolute atomic E-state index is 0.0414. The first-order valence-electron chi connectivity index (χ1n) is 5.71. The third kappa shape index (κ3) is 5.58. The van der Waals surface area contributed by atoms with Crippen LogP contribution in [0.15, 0.2) is 0 Å². The summed E-state index contributed by atoms with van der Waals surface area (Å²) in [6.07, 6.45) is 2.27. The van der Waals surface area contributed by atoms with Gasteiger partial charge >= 0.3 is 12.0 Å². The lowest BCUT2D eigenvalue weighted by molar-refractivity contribution is -0.137. The van der Waals surface area contributed by atoms with Gasteiger partial charge in [-0.25, -0.2) is 4.79 Å². The Morgan fingerprint density at radius 1 is 1.39 bits per heavy atom. The number of carbonyl (C=O) groups is 2. The maximum Gasteiger partial charge on any atom is 0.321 e. The normalized spacial score (nSPS) is 10.1. The Labute approximate surface area is 109 Å². The highest BCUT2D eigenvalue weighted by atomic mass is 32.1. The smallest absolute Gasteiger partial charge is 0.321 e. The average molecular weight is 272 g/mol. The molecule has 100 valence electrons. The van der Waals surface area contributed by atoms with Gasteiger partial charge in [0.1, 0.15) is 5.01 Å². The zero-order chi connectivity index (χ0) is 13.4. The fourth-order valence-electron chi connectivity index (χ4n) is 1.20. The van der Waals surface area contributed by atoms with Gasteiger partial charge in [0.15, 0.2) is 0 Å². The third-order valence-electron chi connectivity index (χ3n) is 2.00. The second-order valence-electron chi connectivity index (χ2n) is 3.63. The second-order valence-corrected chi connectivity index (χ2v) is 4.69. The number of carbonyl (C=O) groups excluding carboxylic acids is 1. The molecule has 1 rings (SSSR count). The second kappa shape index (κ2) is 7.59. The molecule has 0 bridgehead atoms. The van der Waals surface area contributed by atoms with Gasteiger partial charge in [0.25, 0.3) is 0 Å². The molecule has 0 fully saturated rings. The monoisotopic (exact) mass is 272 g/mol. The molecule has 0 unspecified atom stereocenters. The summed E-state index contributed by atoms with van der Waals surface area (Å²) in [7, 11) is 0. The molecule has 1 heterocycles. The van der Waals surface area contributed by atoms with Crippen molar-refractivity contribution in [2.24, 2.45) is 0 Å². The van der Waals surface area contributed by atoms with Crippen LogP contribution >= 0.6 is 11.3 Å². The van der Waals surface area contributed by atoms with Gasteiger partial charge in [0, 0.05) is 19.4 Å². The van der Waals surface area contributed by atoms with Crippen LogP contribution in [0, 0.1) is 0 Å². The van der Waals surface area contributed by atoms with Crippen molar-refractivity contribution in [3.8, 4) is 0 Å². The molecule has 0 aromatic carbocycles. The molecule has 2 amide bonds. The Balaban J connectivity index is 2.24. The minimum atomic E-state index is -0.870. The fraction of sp³-hybridized carbons (Fsp3) is 0.600. The van der Waals surface area contributed by atoms with Crippen molar-refractivity contribution in [1.29, 1.82) is 0 Å². The molecule has 0 radical (unpaired) electrons. The number of carboxylic acids is 1. The van der Waals surface area contributed by atoms with Gasteiger partial charge in [-0.2, -0.15) is 0 Å². The molecule has 18 heavy (non-hydrogen) atoms. The summed E-state index contributed by atoms with van der Waals surface area (Å²) in [6, 6.07) is -0.389. The Kier molecular flexibility index (Phi) is 6.06. The van der Waals surface area contributed by atoms with Crippen LogP contribution in [-0.2, 0) is 11.2 Å². The summed E-state index contributed by atoms with van der Waals surface area (Å²) >= 11 is 1.34. The van der Waals surface area contributed by atoms with Crippen molar-refractivity contribution < 1.29 is 14.7 Å². The van der Waals surface area contributed by atoms with Crippen molar-refractivity contribution in [1.82, 2.24) is 15.5 Å². The number of hydrogen-bond acceptors (Lipinski definition) is 5. The van der Waals surface area contributed by atoms with E-state index in [1.54, 1.807) is 0 Å². The first-order chi connectivity index (χ1) is 8.61. The molecule has 1 aromatic rings. The van der Waals surface area contributed by atoms with E-state index in [-0.39, 0.29) is 12.5 Å². The van der Waals surface area contributed by atoms with Crippen molar-refractivity contribution in [2.75, 3.05) is 11.9 Å². The number of amides is 2. The van der Waals surface area contributed by atoms with E-state index in [4.69, 9.17) is 5.11 Å². The Bertz CT molecular complexity index is 408. The maximum atomic E-state index is 11.4. The molecule has 0 saturated carbocycles. The summed E-state index contributed by atoms with van der Waals surface area (Å²) in [4.78, 5) is 21.6. The molecular weight excluding hydrogens is 256 g/mol. The van der Waals surface area contributed by atoms with Crippen LogP contribution in [0.25, 0.3) is 0 Å². The number of anilines is 1. The summed E-state index contributed by atoms with van der Waals surface area (Å²) in [5.41, 5.74) is 0. The Morgan fingerprint density at radius 3 is 2.83 bits per heavy atom. The molecule has 3 N–H and O–H groups in total. The zero-order valence-corrected chi connectivity index (χ0v) is 10.9. The first-order valence-corrected chi connectivity index (χ1v) is 6.52. The van der Waals surface area contributed by atoms with Gasteiger partial charge in [-0.1, -0.05) is 18.3 Å². The van der Waals surface area contributed by atoms with E-state index in [1.165, 1.54) is 11.3 Å². The Morgan fingerprint density at radius 2 is 2.17 bits per heavy atom. The van der Waals surface area contributed by atoms with Gasteiger partial charge in [0.2, 0.25) is 5.13 Å². The van der Waals surface area contributed by atoms with E-state index in [1.807, 2.05) is 6.92 Å². The zero-order valence-electron chi connectivity index (χ0n) is 10.1. The molecule has 0 atom stereocenters. The molecule has 0 aliphatic rings. The van der Waals surface area contributed by atoms with Crippen LogP contribution in [0.4, 0.5) is 9.93 Å². The summed E-state index contributed by atoms with van der Waals surface area (Å²) in [5.74, 6) is -0.870. The minimum Gasteiger partial charge on any atom is -0.481 e. The van der Waals surface area contributed by atoms with E-state index in [9.17, 15) is 9.59 Å². The number of aliphatic carboxylic acids is 1. The lowest BCUT2D eigenvalue weighted by atomic mass is 10.3. The topological polar surface area (TPSA) is 104 Å². The predicted molar refractivity (Wildman–Crippen MR) is 67.8 cm³/mol. The highest BCUT2D eigenvalue weighted by Gasteiger charge is 2.07. The molecule has 7 nitrogen and oxygen atoms in total. The van der Waals surface area contributed by atoms with Crippen LogP contribution in [-0.4, -0.2) is 33.8 Å². The quantitative estimate of drug-likeness (QED) is 0.652. The summed E-state index contributed by atoms with van der Waals surface area (Å²) < 4.78 is 0. The lowest BCUT2D eigenvalue weighted by Gasteiger charge is -2.03. The number of urea groups is 1. The van der Waals surface area contributed by atoms with E-state index >= 15 is 0 Å². The molecule has 8 heteroatoms. The molecule has 0 aliphatic heterocycles. The van der Waals surface area contributed by atoms with Gasteiger partial charge < -0.3 is 10.4 Å². The number of hydrogen-bond donors (Lipinski definition) is 3. The highest BCUT2D eigenvalue weighted by Crippen LogP contribution is 2.15. The van der Waals surface area contributed by atoms with Crippen LogP contribution in [0.3, 0.4) is 0 Å². The largest absolute Gasteiger partial charge is 0.481 e. The standard InChI is InChI=1S/C10H16N4O3S/c1-2-4-7-13-14-10(18-7)12-9(17)11-6-3-5-8(15)16/h2-6H2,1H3,(H,15,16)(H2,11,12,14,17). The van der Waals surface area contributed by atoms with Crippen LogP contribution in [0.5, 0.6) is 0 Å². The van der Waals surface area contributed by atoms with Crippen molar-refractivity contribution in [3.63, 3.8) is 0 Å². The van der Waals surface area contributed by atoms with Crippen LogP contribution < -0.4 is 10.6 Å². The fourth-order valence-corrected chi connectivity index (χ4v) is 2.04. The molecule has 1 aromatic heterocycles. The third-order valence-corrected chi connectivity index (χ3v) is 2.90. The SMILES string of the molecule is CCCc1nnc(NC(=O)NCCCC(=O)O)s1. The number of carboxylic acid groups (broad SMARTS) is 1. The van der Waals surface area contributed by atoms with Gasteiger partial charge in [-0.05, 0) is 12.8 Å². The number of rotatable bonds is 7. The van der Waals surface area contributed by atoms with Crippen molar-refractivity contribution >= 4 is 28.5 Å². The molecule has 0 aliphatic carbocycles. The van der Waals surface area contributed by atoms with Gasteiger partial charge in [0.05, 0.1) is 0 Å². The van der Waals surface area contributed by atoms with E-state index in [2.05, 4.69) is 20.8 Å². The van der Waals surface area contributed by atoms with Gasteiger partial charge in [-0.15, -0.1) is 10.2 Å². The average Bonchev–Trinajstić information content (AvgIpc) is 2.72. The number of nitrogens with zero attached hydrogens (tertiary/aromatic N) is 2. The first kappa shape index (κ1) is 14.4. The van der Waals surface area contributed by atoms with Crippen LogP contribution in [0.1, 0.15) is 31.2 Å². The molecule has 0 saturated heterocycles. The van der Waals surface area contributed by atoms with Gasteiger partial charge in [-0.3, -0.25) is 10.1 Å². The Hall–Kier alpha value is -1.70. The lowest BCUT2D eigenvalue weighted by Crippen LogP contribution is -2.29. The van der Waals surface area contributed by atoms with E-state index in [0.29, 0.717) is 18.1 Å².